The summed E-state index contributed by atoms with van der Waals surface area (Å²) in [5, 5.41) is 11.7. The van der Waals surface area contributed by atoms with Gasteiger partial charge in [0.15, 0.2) is 0 Å². The highest BCUT2D eigenvalue weighted by atomic mass is 32.1. The number of rotatable bonds is 7. The van der Waals surface area contributed by atoms with Crippen LogP contribution in [0.25, 0.3) is 21.3 Å². The normalized spacial score (nSPS) is 11.2. The van der Waals surface area contributed by atoms with E-state index in [4.69, 9.17) is 5.11 Å². The fourth-order valence-corrected chi connectivity index (χ4v) is 3.64. The van der Waals surface area contributed by atoms with Crippen LogP contribution >= 0.6 is 11.3 Å². The van der Waals surface area contributed by atoms with Crippen LogP contribution in [0.2, 0.25) is 0 Å². The number of aromatic nitrogens is 2. The van der Waals surface area contributed by atoms with Crippen LogP contribution in [-0.2, 0) is 6.54 Å². The van der Waals surface area contributed by atoms with Gasteiger partial charge in [-0.2, -0.15) is 0 Å². The molecule has 124 valence electrons. The van der Waals surface area contributed by atoms with Gasteiger partial charge in [0.05, 0.1) is 18.5 Å². The number of aromatic amines is 1. The van der Waals surface area contributed by atoms with E-state index in [1.807, 2.05) is 40.6 Å². The van der Waals surface area contributed by atoms with Crippen molar-refractivity contribution in [3.05, 3.63) is 64.5 Å². The molecule has 2 aromatic heterocycles. The zero-order valence-electron chi connectivity index (χ0n) is 13.2. The molecular formula is C18H19N3O2S. The first kappa shape index (κ1) is 16.6. The predicted octanol–water partition coefficient (Wildman–Crippen LogP) is 2.63. The lowest BCUT2D eigenvalue weighted by atomic mass is 10.1. The molecule has 0 fully saturated rings. The van der Waals surface area contributed by atoms with Gasteiger partial charge in [0.25, 0.3) is 5.56 Å². The summed E-state index contributed by atoms with van der Waals surface area (Å²) in [6, 6.07) is 9.84. The van der Waals surface area contributed by atoms with E-state index in [0.717, 1.165) is 16.0 Å². The summed E-state index contributed by atoms with van der Waals surface area (Å²) >= 11 is 1.47. The molecule has 1 aromatic carbocycles. The van der Waals surface area contributed by atoms with Crippen molar-refractivity contribution in [2.75, 3.05) is 19.7 Å². The summed E-state index contributed by atoms with van der Waals surface area (Å²) in [6.45, 7) is 5.37. The van der Waals surface area contributed by atoms with Gasteiger partial charge in [-0.25, -0.2) is 4.98 Å². The second kappa shape index (κ2) is 7.53. The van der Waals surface area contributed by atoms with Gasteiger partial charge in [0, 0.05) is 24.0 Å². The summed E-state index contributed by atoms with van der Waals surface area (Å²) in [6.07, 6.45) is 1.77. The van der Waals surface area contributed by atoms with Crippen LogP contribution in [0.3, 0.4) is 0 Å². The third-order valence-electron chi connectivity index (χ3n) is 3.75. The Balaban J connectivity index is 1.97. The maximum Gasteiger partial charge on any atom is 0.260 e. The number of nitrogens with one attached hydrogen (secondary N) is 1. The highest BCUT2D eigenvalue weighted by Crippen LogP contribution is 2.30. The Morgan fingerprint density at radius 1 is 1.33 bits per heavy atom. The standard InChI is InChI=1S/C18H19N3O2S/c1-2-8-21(9-10-22)11-15-19-17(23)16-14(12-24-18(16)20-15)13-6-4-3-5-7-13/h2-7,12,22H,1,8-11H2,(H,19,20,23). The maximum atomic E-state index is 12.6. The first-order valence-electron chi connectivity index (χ1n) is 7.73. The molecule has 2 N–H and O–H groups in total. The lowest BCUT2D eigenvalue weighted by Gasteiger charge is -2.18. The van der Waals surface area contributed by atoms with Crippen LogP contribution in [0.4, 0.5) is 0 Å². The van der Waals surface area contributed by atoms with E-state index in [1.54, 1.807) is 6.08 Å². The zero-order valence-corrected chi connectivity index (χ0v) is 14.1. The molecule has 0 radical (unpaired) electrons. The minimum atomic E-state index is -0.127. The first-order valence-corrected chi connectivity index (χ1v) is 8.61. The minimum Gasteiger partial charge on any atom is -0.395 e. The van der Waals surface area contributed by atoms with Gasteiger partial charge in [-0.05, 0) is 5.56 Å². The van der Waals surface area contributed by atoms with Crippen molar-refractivity contribution in [1.82, 2.24) is 14.9 Å². The summed E-state index contributed by atoms with van der Waals surface area (Å²) in [7, 11) is 0. The van der Waals surface area contributed by atoms with Gasteiger partial charge in [-0.1, -0.05) is 36.4 Å². The molecule has 0 saturated heterocycles. The highest BCUT2D eigenvalue weighted by molar-refractivity contribution is 7.17. The second-order valence-electron chi connectivity index (χ2n) is 5.46. The summed E-state index contributed by atoms with van der Waals surface area (Å²) in [5.74, 6) is 0.601. The SMILES string of the molecule is C=CCN(CCO)Cc1nc2scc(-c3ccccc3)c2c(=O)[nH]1. The lowest BCUT2D eigenvalue weighted by Crippen LogP contribution is -2.28. The molecule has 0 saturated carbocycles. The van der Waals surface area contributed by atoms with E-state index in [1.165, 1.54) is 11.3 Å². The van der Waals surface area contributed by atoms with Crippen molar-refractivity contribution < 1.29 is 5.11 Å². The molecule has 0 aliphatic carbocycles. The topological polar surface area (TPSA) is 69.2 Å². The Morgan fingerprint density at radius 3 is 2.83 bits per heavy atom. The molecule has 6 heteroatoms. The smallest absolute Gasteiger partial charge is 0.260 e. The van der Waals surface area contributed by atoms with Gasteiger partial charge in [-0.3, -0.25) is 9.69 Å². The van der Waals surface area contributed by atoms with Gasteiger partial charge < -0.3 is 10.1 Å². The number of benzene rings is 1. The summed E-state index contributed by atoms with van der Waals surface area (Å²) < 4.78 is 0. The number of aliphatic hydroxyl groups is 1. The number of fused-ring (bicyclic) bond motifs is 1. The highest BCUT2D eigenvalue weighted by Gasteiger charge is 2.14. The van der Waals surface area contributed by atoms with E-state index in [0.29, 0.717) is 30.8 Å². The number of nitrogens with zero attached hydrogens (tertiary/aromatic N) is 2. The molecule has 2 heterocycles. The molecule has 0 amide bonds. The monoisotopic (exact) mass is 341 g/mol. The Kier molecular flexibility index (Phi) is 5.20. The average Bonchev–Trinajstić information content (AvgIpc) is 3.00. The van der Waals surface area contributed by atoms with E-state index in [2.05, 4.69) is 16.5 Å². The van der Waals surface area contributed by atoms with E-state index in [-0.39, 0.29) is 12.2 Å². The third-order valence-corrected chi connectivity index (χ3v) is 4.63. The molecular weight excluding hydrogens is 322 g/mol. The predicted molar refractivity (Wildman–Crippen MR) is 98.2 cm³/mol. The third kappa shape index (κ3) is 3.46. The van der Waals surface area contributed by atoms with Gasteiger partial charge >= 0.3 is 0 Å². The molecule has 0 atom stereocenters. The molecule has 3 rings (SSSR count). The number of aliphatic hydroxyl groups excluding tert-OH is 1. The van der Waals surface area contributed by atoms with E-state index < -0.39 is 0 Å². The van der Waals surface area contributed by atoms with Gasteiger partial charge in [0.1, 0.15) is 10.7 Å². The quantitative estimate of drug-likeness (QED) is 0.648. The number of H-pyrrole nitrogens is 1. The summed E-state index contributed by atoms with van der Waals surface area (Å²) in [5.41, 5.74) is 1.80. The van der Waals surface area contributed by atoms with Crippen molar-refractivity contribution in [3.63, 3.8) is 0 Å². The number of hydrogen-bond acceptors (Lipinski definition) is 5. The molecule has 0 unspecified atom stereocenters. The van der Waals surface area contributed by atoms with E-state index in [9.17, 15) is 4.79 Å². The Labute approximate surface area is 143 Å². The van der Waals surface area contributed by atoms with Crippen LogP contribution in [0, 0.1) is 0 Å². The van der Waals surface area contributed by atoms with Crippen LogP contribution < -0.4 is 5.56 Å². The minimum absolute atomic E-state index is 0.0530. The largest absolute Gasteiger partial charge is 0.395 e. The molecule has 0 spiro atoms. The second-order valence-corrected chi connectivity index (χ2v) is 6.31. The molecule has 24 heavy (non-hydrogen) atoms. The Hall–Kier alpha value is -2.28. The Bertz CT molecular complexity index is 886. The summed E-state index contributed by atoms with van der Waals surface area (Å²) in [4.78, 5) is 22.7. The zero-order chi connectivity index (χ0) is 16.9. The van der Waals surface area contributed by atoms with Crippen LogP contribution in [-0.4, -0.2) is 39.7 Å². The number of thiophene rings is 1. The van der Waals surface area contributed by atoms with E-state index >= 15 is 0 Å². The first-order chi connectivity index (χ1) is 11.7. The molecule has 0 bridgehead atoms. The van der Waals surface area contributed by atoms with Crippen LogP contribution in [0.15, 0.2) is 53.2 Å². The van der Waals surface area contributed by atoms with Gasteiger partial charge in [0.2, 0.25) is 0 Å². The van der Waals surface area contributed by atoms with Crippen molar-refractivity contribution in [2.24, 2.45) is 0 Å². The van der Waals surface area contributed by atoms with Crippen molar-refractivity contribution in [2.45, 2.75) is 6.54 Å². The fraction of sp³-hybridized carbons (Fsp3) is 0.222. The average molecular weight is 341 g/mol. The van der Waals surface area contributed by atoms with Crippen LogP contribution in [0.1, 0.15) is 5.82 Å². The van der Waals surface area contributed by atoms with Crippen molar-refractivity contribution >= 4 is 21.6 Å². The van der Waals surface area contributed by atoms with Gasteiger partial charge in [-0.15, -0.1) is 17.9 Å². The lowest BCUT2D eigenvalue weighted by molar-refractivity contribution is 0.200. The molecule has 5 nitrogen and oxygen atoms in total. The van der Waals surface area contributed by atoms with Crippen molar-refractivity contribution in [3.8, 4) is 11.1 Å². The Morgan fingerprint density at radius 2 is 2.12 bits per heavy atom. The molecule has 0 aliphatic heterocycles. The maximum absolute atomic E-state index is 12.6. The number of hydrogen-bond donors (Lipinski definition) is 2. The van der Waals surface area contributed by atoms with Crippen LogP contribution in [0.5, 0.6) is 0 Å². The fourth-order valence-electron chi connectivity index (χ4n) is 2.67. The van der Waals surface area contributed by atoms with Crippen molar-refractivity contribution in [1.29, 1.82) is 0 Å². The molecule has 0 aliphatic rings. The molecule has 3 aromatic rings.